The normalized spacial score (nSPS) is 16.2. The summed E-state index contributed by atoms with van der Waals surface area (Å²) < 4.78 is 27.4. The van der Waals surface area contributed by atoms with Crippen molar-refractivity contribution >= 4 is 21.8 Å². The SMILES string of the molecule is CC(NCc1c(F)ccc(Br)c1F)C(=O)NC1CC1. The van der Waals surface area contributed by atoms with Crippen molar-refractivity contribution in [1.82, 2.24) is 10.6 Å². The zero-order valence-corrected chi connectivity index (χ0v) is 12.1. The van der Waals surface area contributed by atoms with Crippen LogP contribution in [0.4, 0.5) is 8.78 Å². The Morgan fingerprint density at radius 3 is 2.79 bits per heavy atom. The van der Waals surface area contributed by atoms with Crippen LogP contribution in [0.3, 0.4) is 0 Å². The third-order valence-corrected chi connectivity index (χ3v) is 3.65. The van der Waals surface area contributed by atoms with Gasteiger partial charge in [-0.1, -0.05) is 0 Å². The molecule has 19 heavy (non-hydrogen) atoms. The molecule has 0 aliphatic heterocycles. The molecule has 1 aliphatic carbocycles. The molecule has 1 unspecified atom stereocenters. The van der Waals surface area contributed by atoms with Crippen LogP contribution >= 0.6 is 15.9 Å². The average Bonchev–Trinajstić information content (AvgIpc) is 3.17. The Labute approximate surface area is 118 Å². The van der Waals surface area contributed by atoms with Gasteiger partial charge < -0.3 is 10.6 Å². The lowest BCUT2D eigenvalue weighted by molar-refractivity contribution is -0.122. The zero-order chi connectivity index (χ0) is 14.0. The fraction of sp³-hybridized carbons (Fsp3) is 0.462. The van der Waals surface area contributed by atoms with Crippen LogP contribution in [0.2, 0.25) is 0 Å². The summed E-state index contributed by atoms with van der Waals surface area (Å²) in [6.45, 7) is 1.64. The summed E-state index contributed by atoms with van der Waals surface area (Å²) in [5, 5.41) is 5.66. The van der Waals surface area contributed by atoms with Crippen LogP contribution in [0.5, 0.6) is 0 Å². The highest BCUT2D eigenvalue weighted by Gasteiger charge is 2.25. The Morgan fingerprint density at radius 2 is 2.16 bits per heavy atom. The average molecular weight is 333 g/mol. The maximum Gasteiger partial charge on any atom is 0.237 e. The number of hydrogen-bond acceptors (Lipinski definition) is 2. The van der Waals surface area contributed by atoms with Crippen molar-refractivity contribution < 1.29 is 13.6 Å². The van der Waals surface area contributed by atoms with Crippen molar-refractivity contribution in [3.8, 4) is 0 Å². The maximum absolute atomic E-state index is 13.7. The summed E-state index contributed by atoms with van der Waals surface area (Å²) in [7, 11) is 0. The van der Waals surface area contributed by atoms with Crippen molar-refractivity contribution in [3.05, 3.63) is 33.8 Å². The van der Waals surface area contributed by atoms with E-state index in [0.29, 0.717) is 0 Å². The smallest absolute Gasteiger partial charge is 0.237 e. The first-order valence-electron chi connectivity index (χ1n) is 6.15. The van der Waals surface area contributed by atoms with E-state index in [2.05, 4.69) is 26.6 Å². The number of halogens is 3. The number of amides is 1. The number of rotatable bonds is 5. The largest absolute Gasteiger partial charge is 0.352 e. The summed E-state index contributed by atoms with van der Waals surface area (Å²) in [4.78, 5) is 11.7. The first kappa shape index (κ1) is 14.4. The molecule has 0 bridgehead atoms. The van der Waals surface area contributed by atoms with E-state index in [-0.39, 0.29) is 28.5 Å². The molecule has 1 aromatic rings. The second-order valence-corrected chi connectivity index (χ2v) is 5.56. The van der Waals surface area contributed by atoms with E-state index < -0.39 is 17.7 Å². The van der Waals surface area contributed by atoms with Crippen molar-refractivity contribution in [1.29, 1.82) is 0 Å². The van der Waals surface area contributed by atoms with Gasteiger partial charge in [0.05, 0.1) is 10.5 Å². The van der Waals surface area contributed by atoms with Gasteiger partial charge >= 0.3 is 0 Å². The van der Waals surface area contributed by atoms with Crippen LogP contribution in [0.25, 0.3) is 0 Å². The Bertz CT molecular complexity index is 492. The molecule has 104 valence electrons. The lowest BCUT2D eigenvalue weighted by Gasteiger charge is -2.14. The van der Waals surface area contributed by atoms with Crippen molar-refractivity contribution in [2.24, 2.45) is 0 Å². The summed E-state index contributed by atoms with van der Waals surface area (Å²) in [5.74, 6) is -1.40. The quantitative estimate of drug-likeness (QED) is 0.813. The van der Waals surface area contributed by atoms with E-state index in [1.807, 2.05) is 0 Å². The third-order valence-electron chi connectivity index (χ3n) is 3.04. The van der Waals surface area contributed by atoms with Gasteiger partial charge in [-0.2, -0.15) is 0 Å². The topological polar surface area (TPSA) is 41.1 Å². The summed E-state index contributed by atoms with van der Waals surface area (Å²) >= 11 is 3.01. The monoisotopic (exact) mass is 332 g/mol. The van der Waals surface area contributed by atoms with Crippen LogP contribution in [-0.4, -0.2) is 18.0 Å². The molecular weight excluding hydrogens is 318 g/mol. The second kappa shape index (κ2) is 5.96. The molecule has 0 spiro atoms. The molecule has 1 aromatic carbocycles. The molecule has 1 aliphatic rings. The van der Waals surface area contributed by atoms with E-state index in [4.69, 9.17) is 0 Å². The molecule has 1 fully saturated rings. The zero-order valence-electron chi connectivity index (χ0n) is 10.5. The predicted molar refractivity (Wildman–Crippen MR) is 71.5 cm³/mol. The Balaban J connectivity index is 1.94. The second-order valence-electron chi connectivity index (χ2n) is 4.71. The highest BCUT2D eigenvalue weighted by molar-refractivity contribution is 9.10. The fourth-order valence-corrected chi connectivity index (χ4v) is 2.00. The lowest BCUT2D eigenvalue weighted by Crippen LogP contribution is -2.42. The molecule has 0 heterocycles. The van der Waals surface area contributed by atoms with Crippen LogP contribution in [0.1, 0.15) is 25.3 Å². The van der Waals surface area contributed by atoms with Gasteiger partial charge in [-0.15, -0.1) is 0 Å². The molecule has 1 saturated carbocycles. The minimum Gasteiger partial charge on any atom is -0.352 e. The maximum atomic E-state index is 13.7. The number of hydrogen-bond donors (Lipinski definition) is 2. The third kappa shape index (κ3) is 3.73. The van der Waals surface area contributed by atoms with Gasteiger partial charge in [-0.3, -0.25) is 4.79 Å². The number of nitrogens with one attached hydrogen (secondary N) is 2. The first-order chi connectivity index (χ1) is 8.99. The number of carbonyl (C=O) groups excluding carboxylic acids is 1. The minimum absolute atomic E-state index is 0.0314. The standard InChI is InChI=1S/C13H15BrF2N2O/c1-7(13(19)18-8-2-3-8)17-6-9-11(15)5-4-10(14)12(9)16/h4-5,7-8,17H,2-3,6H2,1H3,(H,18,19). The summed E-state index contributed by atoms with van der Waals surface area (Å²) in [6.07, 6.45) is 2.01. The van der Waals surface area contributed by atoms with Gasteiger partial charge in [0.1, 0.15) is 11.6 Å². The molecule has 2 rings (SSSR count). The van der Waals surface area contributed by atoms with Crippen LogP contribution in [-0.2, 0) is 11.3 Å². The Kier molecular flexibility index (Phi) is 4.52. The fourth-order valence-electron chi connectivity index (χ4n) is 1.63. The summed E-state index contributed by atoms with van der Waals surface area (Å²) in [5.41, 5.74) is -0.0690. The van der Waals surface area contributed by atoms with Crippen molar-refractivity contribution in [2.75, 3.05) is 0 Å². The van der Waals surface area contributed by atoms with Crippen LogP contribution < -0.4 is 10.6 Å². The van der Waals surface area contributed by atoms with Gasteiger partial charge in [0.2, 0.25) is 5.91 Å². The highest BCUT2D eigenvalue weighted by Crippen LogP contribution is 2.21. The Hall–Kier alpha value is -1.01. The number of carbonyl (C=O) groups is 1. The van der Waals surface area contributed by atoms with Gasteiger partial charge in [0, 0.05) is 18.2 Å². The predicted octanol–water partition coefficient (Wildman–Crippen LogP) is 2.48. The highest BCUT2D eigenvalue weighted by atomic mass is 79.9. The van der Waals surface area contributed by atoms with Crippen molar-refractivity contribution in [2.45, 2.75) is 38.4 Å². The first-order valence-corrected chi connectivity index (χ1v) is 6.94. The van der Waals surface area contributed by atoms with Gasteiger partial charge in [-0.05, 0) is 47.8 Å². The van der Waals surface area contributed by atoms with E-state index >= 15 is 0 Å². The molecular formula is C13H15BrF2N2O. The lowest BCUT2D eigenvalue weighted by atomic mass is 10.2. The molecule has 0 radical (unpaired) electrons. The molecule has 3 nitrogen and oxygen atoms in total. The van der Waals surface area contributed by atoms with Gasteiger partial charge in [0.15, 0.2) is 0 Å². The van der Waals surface area contributed by atoms with Crippen LogP contribution in [0.15, 0.2) is 16.6 Å². The molecule has 2 N–H and O–H groups in total. The van der Waals surface area contributed by atoms with Gasteiger partial charge in [0.25, 0.3) is 0 Å². The molecule has 1 amide bonds. The molecule has 0 saturated heterocycles. The van der Waals surface area contributed by atoms with E-state index in [9.17, 15) is 13.6 Å². The number of benzene rings is 1. The Morgan fingerprint density at radius 1 is 1.47 bits per heavy atom. The molecule has 6 heteroatoms. The summed E-state index contributed by atoms with van der Waals surface area (Å²) in [6, 6.07) is 2.30. The van der Waals surface area contributed by atoms with Crippen LogP contribution in [0, 0.1) is 11.6 Å². The minimum atomic E-state index is -0.637. The van der Waals surface area contributed by atoms with E-state index in [1.165, 1.54) is 12.1 Å². The van der Waals surface area contributed by atoms with E-state index in [1.54, 1.807) is 6.92 Å². The molecule has 1 atom stereocenters. The van der Waals surface area contributed by atoms with E-state index in [0.717, 1.165) is 12.8 Å². The van der Waals surface area contributed by atoms with Gasteiger partial charge in [-0.25, -0.2) is 8.78 Å². The molecule has 0 aromatic heterocycles. The van der Waals surface area contributed by atoms with Crippen molar-refractivity contribution in [3.63, 3.8) is 0 Å².